The maximum atomic E-state index is 13.8. The van der Waals surface area contributed by atoms with Crippen LogP contribution in [-0.2, 0) is 17.6 Å². The number of carbonyl (C=O) groups is 3. The molecule has 0 saturated carbocycles. The highest BCUT2D eigenvalue weighted by atomic mass is 16.3. The largest absolute Gasteiger partial charge is 0.387 e. The van der Waals surface area contributed by atoms with Gasteiger partial charge in [-0.05, 0) is 42.9 Å². The van der Waals surface area contributed by atoms with Crippen molar-refractivity contribution in [3.63, 3.8) is 0 Å². The third kappa shape index (κ3) is 3.52. The Morgan fingerprint density at radius 3 is 2.79 bits per heavy atom. The standard InChI is InChI=1S/C25H35N9O4/c1-31-12-18(35)33(24(31)38)10-16-19-25(30-22(26)29-19)20(36)17(11-34(25)23(27)28-16)32(2)21(37)15-9-5-7-13-6-3-4-8-14(13)15/h5,7,9,16-17,19-20,22,29-30,36H,3-4,6,8,10-12,26H2,1-2H3,(H2,27,28)/t16-,17-,19?,20+,22?,25-/m0/s1. The molecule has 13 nitrogen and oxygen atoms in total. The van der Waals surface area contributed by atoms with Gasteiger partial charge < -0.3 is 31.3 Å². The SMILES string of the molecule is CN1CC(=O)N(C[C@@H]2N=C(N)N3C[C@H](N(C)C(=O)c4cccc5c4CCCC5)[C@@H](O)[C@@]34NC(N)NC24)C1=O. The second kappa shape index (κ2) is 8.90. The first-order valence-electron chi connectivity index (χ1n) is 13.1. The molecule has 0 aromatic heterocycles. The van der Waals surface area contributed by atoms with Crippen LogP contribution >= 0.6 is 0 Å². The Morgan fingerprint density at radius 2 is 2.05 bits per heavy atom. The van der Waals surface area contributed by atoms with Crippen molar-refractivity contribution in [2.75, 3.05) is 33.7 Å². The van der Waals surface area contributed by atoms with Crippen LogP contribution in [0.4, 0.5) is 4.79 Å². The molecular weight excluding hydrogens is 490 g/mol. The minimum absolute atomic E-state index is 0.00132. The van der Waals surface area contributed by atoms with Crippen LogP contribution in [0.1, 0.15) is 34.3 Å². The van der Waals surface area contributed by atoms with E-state index in [9.17, 15) is 19.5 Å². The molecule has 0 radical (unpaired) electrons. The zero-order chi connectivity index (χ0) is 26.9. The maximum absolute atomic E-state index is 13.8. The summed E-state index contributed by atoms with van der Waals surface area (Å²) in [4.78, 5) is 49.3. The number of aliphatic hydroxyl groups excluding tert-OH is 1. The summed E-state index contributed by atoms with van der Waals surface area (Å²) in [6, 6.07) is 3.61. The van der Waals surface area contributed by atoms with Crippen molar-refractivity contribution in [1.29, 1.82) is 0 Å². The number of amides is 4. The number of rotatable bonds is 4. The topological polar surface area (TPSA) is 173 Å². The molecule has 1 aromatic carbocycles. The Morgan fingerprint density at radius 1 is 1.29 bits per heavy atom. The Bertz CT molecular complexity index is 1220. The lowest BCUT2D eigenvalue weighted by Gasteiger charge is -2.47. The Hall–Kier alpha value is -3.26. The van der Waals surface area contributed by atoms with Crippen LogP contribution in [0.25, 0.3) is 0 Å². The molecule has 38 heavy (non-hydrogen) atoms. The number of guanidine groups is 1. The fourth-order valence-electron chi connectivity index (χ4n) is 6.95. The highest BCUT2D eigenvalue weighted by Gasteiger charge is 2.67. The number of hydrogen-bond acceptors (Lipinski definition) is 10. The number of aryl methyl sites for hydroxylation is 1. The average Bonchev–Trinajstić information content (AvgIpc) is 3.49. The molecule has 13 heteroatoms. The number of aliphatic hydroxyl groups is 1. The van der Waals surface area contributed by atoms with E-state index in [0.29, 0.717) is 5.56 Å². The van der Waals surface area contributed by atoms with Crippen molar-refractivity contribution in [3.05, 3.63) is 34.9 Å². The smallest absolute Gasteiger partial charge is 0.327 e. The van der Waals surface area contributed by atoms with Gasteiger partial charge in [-0.2, -0.15) is 0 Å². The van der Waals surface area contributed by atoms with Crippen LogP contribution in [-0.4, -0.2) is 118 Å². The number of urea groups is 1. The van der Waals surface area contributed by atoms with Gasteiger partial charge in [-0.15, -0.1) is 0 Å². The van der Waals surface area contributed by atoms with Gasteiger partial charge in [0, 0.05) is 26.2 Å². The fraction of sp³-hybridized carbons (Fsp3) is 0.600. The summed E-state index contributed by atoms with van der Waals surface area (Å²) in [6.45, 7) is 0.230. The Balaban J connectivity index is 1.30. The first-order valence-corrected chi connectivity index (χ1v) is 13.1. The molecule has 1 aliphatic carbocycles. The predicted octanol–water partition coefficient (Wildman–Crippen LogP) is -2.23. The van der Waals surface area contributed by atoms with Gasteiger partial charge in [-0.1, -0.05) is 12.1 Å². The number of benzene rings is 1. The van der Waals surface area contributed by atoms with Gasteiger partial charge in [0.2, 0.25) is 5.91 Å². The van der Waals surface area contributed by atoms with E-state index in [4.69, 9.17) is 11.5 Å². The number of carbonyl (C=O) groups excluding carboxylic acids is 3. The molecule has 3 saturated heterocycles. The first kappa shape index (κ1) is 25.0. The van der Waals surface area contributed by atoms with Gasteiger partial charge in [-0.3, -0.25) is 25.1 Å². The Kier molecular flexibility index (Phi) is 5.87. The van der Waals surface area contributed by atoms with E-state index in [1.165, 1.54) is 10.5 Å². The summed E-state index contributed by atoms with van der Waals surface area (Å²) in [5, 5.41) is 18.3. The first-order chi connectivity index (χ1) is 18.1. The molecule has 0 bridgehead atoms. The van der Waals surface area contributed by atoms with Crippen LogP contribution in [0.15, 0.2) is 23.2 Å². The van der Waals surface area contributed by atoms with Gasteiger partial charge in [0.05, 0.1) is 24.7 Å². The number of nitrogens with two attached hydrogens (primary N) is 2. The summed E-state index contributed by atoms with van der Waals surface area (Å²) in [7, 11) is 3.27. The van der Waals surface area contributed by atoms with E-state index in [2.05, 4.69) is 21.7 Å². The van der Waals surface area contributed by atoms with E-state index in [-0.39, 0.29) is 37.4 Å². The summed E-state index contributed by atoms with van der Waals surface area (Å²) in [5.41, 5.74) is 14.5. The summed E-state index contributed by atoms with van der Waals surface area (Å²) in [5.74, 6) is -0.319. The summed E-state index contributed by atoms with van der Waals surface area (Å²) >= 11 is 0. The molecular formula is C25H35N9O4. The molecule has 1 spiro atoms. The number of nitrogens with one attached hydrogen (secondary N) is 2. The van der Waals surface area contributed by atoms with Crippen molar-refractivity contribution >= 4 is 23.8 Å². The third-order valence-corrected chi connectivity index (χ3v) is 8.86. The van der Waals surface area contributed by atoms with E-state index in [0.717, 1.165) is 36.1 Å². The lowest BCUT2D eigenvalue weighted by molar-refractivity contribution is -0.125. The monoisotopic (exact) mass is 525 g/mol. The van der Waals surface area contributed by atoms with Crippen molar-refractivity contribution in [1.82, 2.24) is 30.2 Å². The maximum Gasteiger partial charge on any atom is 0.327 e. The molecule has 3 fully saturated rings. The second-order valence-electron chi connectivity index (χ2n) is 11.0. The van der Waals surface area contributed by atoms with Crippen LogP contribution < -0.4 is 22.1 Å². The van der Waals surface area contributed by atoms with E-state index < -0.39 is 42.2 Å². The lowest BCUT2D eigenvalue weighted by atomic mass is 9.86. The zero-order valence-corrected chi connectivity index (χ0v) is 21.6. The average molecular weight is 526 g/mol. The van der Waals surface area contributed by atoms with Crippen LogP contribution in [0, 0.1) is 0 Å². The normalized spacial score (nSPS) is 34.3. The number of nitrogens with zero attached hydrogens (tertiary/aromatic N) is 5. The van der Waals surface area contributed by atoms with Crippen LogP contribution in [0.2, 0.25) is 0 Å². The van der Waals surface area contributed by atoms with Crippen molar-refractivity contribution in [2.24, 2.45) is 16.5 Å². The second-order valence-corrected chi connectivity index (χ2v) is 11.0. The molecule has 1 aromatic rings. The van der Waals surface area contributed by atoms with Crippen molar-refractivity contribution < 1.29 is 19.5 Å². The molecule has 5 aliphatic rings. The van der Waals surface area contributed by atoms with Gasteiger partial charge in [0.15, 0.2) is 5.96 Å². The number of likely N-dealkylation sites (N-methyl/N-ethyl adjacent to an activating group) is 2. The van der Waals surface area contributed by atoms with Crippen molar-refractivity contribution in [2.45, 2.75) is 61.9 Å². The van der Waals surface area contributed by atoms with Crippen LogP contribution in [0.5, 0.6) is 0 Å². The van der Waals surface area contributed by atoms with E-state index >= 15 is 0 Å². The van der Waals surface area contributed by atoms with Gasteiger partial charge >= 0.3 is 6.03 Å². The summed E-state index contributed by atoms with van der Waals surface area (Å²) in [6.07, 6.45) is 2.20. The molecule has 4 heterocycles. The molecule has 4 aliphatic heterocycles. The van der Waals surface area contributed by atoms with Crippen molar-refractivity contribution in [3.8, 4) is 0 Å². The molecule has 6 atom stereocenters. The van der Waals surface area contributed by atoms with Gasteiger partial charge in [0.25, 0.3) is 5.91 Å². The lowest BCUT2D eigenvalue weighted by Crippen LogP contribution is -2.73. The van der Waals surface area contributed by atoms with E-state index in [1.807, 2.05) is 12.1 Å². The predicted molar refractivity (Wildman–Crippen MR) is 138 cm³/mol. The number of imide groups is 1. The molecule has 2 unspecified atom stereocenters. The number of hydrogen-bond donors (Lipinski definition) is 5. The summed E-state index contributed by atoms with van der Waals surface area (Å²) < 4.78 is 0. The Labute approximate surface area is 220 Å². The molecule has 7 N–H and O–H groups in total. The molecule has 4 amide bonds. The number of aliphatic imine (C=N–C) groups is 1. The highest BCUT2D eigenvalue weighted by Crippen LogP contribution is 2.40. The third-order valence-electron chi connectivity index (χ3n) is 8.86. The number of fused-ring (bicyclic) bond motifs is 1. The minimum atomic E-state index is -1.18. The highest BCUT2D eigenvalue weighted by molar-refractivity contribution is 6.02. The van der Waals surface area contributed by atoms with Crippen LogP contribution in [0.3, 0.4) is 0 Å². The van der Waals surface area contributed by atoms with Gasteiger partial charge in [-0.25, -0.2) is 9.79 Å². The minimum Gasteiger partial charge on any atom is -0.387 e. The fourth-order valence-corrected chi connectivity index (χ4v) is 6.95. The molecule has 204 valence electrons. The van der Waals surface area contributed by atoms with E-state index in [1.54, 1.807) is 23.9 Å². The zero-order valence-electron chi connectivity index (χ0n) is 21.6. The van der Waals surface area contributed by atoms with Gasteiger partial charge in [0.1, 0.15) is 24.6 Å². The molecule has 6 rings (SSSR count). The quantitative estimate of drug-likeness (QED) is 0.273.